The van der Waals surface area contributed by atoms with Gasteiger partial charge >= 0.3 is 0 Å². The molecule has 0 saturated carbocycles. The van der Waals surface area contributed by atoms with Crippen LogP contribution in [-0.4, -0.2) is 44.3 Å². The van der Waals surface area contributed by atoms with Crippen molar-refractivity contribution in [3.63, 3.8) is 0 Å². The molecule has 0 heterocycles. The van der Waals surface area contributed by atoms with E-state index in [0.29, 0.717) is 22.2 Å². The SMILES string of the molecule is CCNC(=O)[C@@H](CC)N(Cc1c(Cl)cccc1Cl)C(=O)CN(c1ccccc1Cl)S(=O)(=O)c1ccccc1. The quantitative estimate of drug-likeness (QED) is 0.304. The summed E-state index contributed by atoms with van der Waals surface area (Å²) in [7, 11) is -4.21. The first-order valence-electron chi connectivity index (χ1n) is 11.9. The first-order chi connectivity index (χ1) is 18.1. The van der Waals surface area contributed by atoms with Crippen LogP contribution in [0.4, 0.5) is 5.69 Å². The van der Waals surface area contributed by atoms with Crippen LogP contribution >= 0.6 is 34.8 Å². The van der Waals surface area contributed by atoms with Crippen LogP contribution in [0.2, 0.25) is 15.1 Å². The number of carbonyl (C=O) groups is 2. The Balaban J connectivity index is 2.10. The van der Waals surface area contributed by atoms with E-state index in [1.165, 1.54) is 23.1 Å². The molecule has 0 bridgehead atoms. The van der Waals surface area contributed by atoms with Gasteiger partial charge in [-0.05, 0) is 49.7 Å². The molecule has 0 aromatic heterocycles. The number of anilines is 1. The minimum absolute atomic E-state index is 0.0100. The van der Waals surface area contributed by atoms with Crippen molar-refractivity contribution in [2.75, 3.05) is 17.4 Å². The molecular formula is C27H28Cl3N3O4S. The summed E-state index contributed by atoms with van der Waals surface area (Å²) < 4.78 is 28.5. The Morgan fingerprint density at radius 2 is 1.42 bits per heavy atom. The maximum Gasteiger partial charge on any atom is 0.264 e. The van der Waals surface area contributed by atoms with Gasteiger partial charge in [-0.3, -0.25) is 13.9 Å². The minimum Gasteiger partial charge on any atom is -0.355 e. The number of likely N-dealkylation sites (N-methyl/N-ethyl adjacent to an activating group) is 1. The number of hydrogen-bond acceptors (Lipinski definition) is 4. The molecule has 11 heteroatoms. The summed E-state index contributed by atoms with van der Waals surface area (Å²) in [4.78, 5) is 28.2. The number of hydrogen-bond donors (Lipinski definition) is 1. The van der Waals surface area contributed by atoms with E-state index < -0.39 is 28.5 Å². The monoisotopic (exact) mass is 595 g/mol. The van der Waals surface area contributed by atoms with E-state index in [0.717, 1.165) is 4.31 Å². The summed E-state index contributed by atoms with van der Waals surface area (Å²) in [5.41, 5.74) is 0.579. The fraction of sp³-hybridized carbons (Fsp3) is 0.259. The van der Waals surface area contributed by atoms with Gasteiger partial charge in [0.1, 0.15) is 12.6 Å². The van der Waals surface area contributed by atoms with Gasteiger partial charge in [-0.25, -0.2) is 8.42 Å². The first kappa shape index (κ1) is 29.8. The van der Waals surface area contributed by atoms with Gasteiger partial charge in [0.2, 0.25) is 11.8 Å². The Hall–Kier alpha value is -2.78. The Labute approximate surface area is 238 Å². The molecule has 7 nitrogen and oxygen atoms in total. The van der Waals surface area contributed by atoms with Crippen LogP contribution in [0, 0.1) is 0 Å². The maximum absolute atomic E-state index is 14.0. The van der Waals surface area contributed by atoms with Gasteiger partial charge in [-0.1, -0.05) is 78.1 Å². The summed E-state index contributed by atoms with van der Waals surface area (Å²) >= 11 is 19.2. The van der Waals surface area contributed by atoms with Crippen LogP contribution in [0.5, 0.6) is 0 Å². The van der Waals surface area contributed by atoms with Crippen molar-refractivity contribution < 1.29 is 18.0 Å². The molecule has 3 rings (SSSR count). The molecule has 1 N–H and O–H groups in total. The van der Waals surface area contributed by atoms with Crippen molar-refractivity contribution in [1.82, 2.24) is 10.2 Å². The molecule has 0 saturated heterocycles. The molecule has 0 aliphatic rings. The molecule has 0 aliphatic heterocycles. The number of carbonyl (C=O) groups excluding carboxylic acids is 2. The molecule has 0 fully saturated rings. The van der Waals surface area contributed by atoms with Crippen molar-refractivity contribution in [3.05, 3.63) is 93.4 Å². The third kappa shape index (κ3) is 6.80. The fourth-order valence-electron chi connectivity index (χ4n) is 3.95. The zero-order chi connectivity index (χ0) is 27.9. The fourth-order valence-corrected chi connectivity index (χ4v) is 6.21. The molecule has 2 amide bonds. The van der Waals surface area contributed by atoms with Gasteiger partial charge in [0, 0.05) is 28.7 Å². The summed E-state index contributed by atoms with van der Waals surface area (Å²) in [6.07, 6.45) is 0.275. The Bertz CT molecular complexity index is 1370. The predicted octanol–water partition coefficient (Wildman–Crippen LogP) is 5.79. The van der Waals surface area contributed by atoms with E-state index in [2.05, 4.69) is 5.32 Å². The average Bonchev–Trinajstić information content (AvgIpc) is 2.89. The third-order valence-electron chi connectivity index (χ3n) is 5.86. The van der Waals surface area contributed by atoms with Crippen LogP contribution < -0.4 is 9.62 Å². The lowest BCUT2D eigenvalue weighted by Crippen LogP contribution is -2.52. The highest BCUT2D eigenvalue weighted by atomic mass is 35.5. The Morgan fingerprint density at radius 1 is 0.842 bits per heavy atom. The summed E-state index contributed by atoms with van der Waals surface area (Å²) in [5, 5.41) is 3.54. The van der Waals surface area contributed by atoms with Crippen LogP contribution in [0.15, 0.2) is 77.7 Å². The van der Waals surface area contributed by atoms with E-state index >= 15 is 0 Å². The van der Waals surface area contributed by atoms with Crippen molar-refractivity contribution >= 4 is 62.3 Å². The Morgan fingerprint density at radius 3 is 2.00 bits per heavy atom. The highest BCUT2D eigenvalue weighted by molar-refractivity contribution is 7.92. The van der Waals surface area contributed by atoms with Gasteiger partial charge in [-0.15, -0.1) is 0 Å². The first-order valence-corrected chi connectivity index (χ1v) is 14.5. The van der Waals surface area contributed by atoms with Crippen LogP contribution in [0.3, 0.4) is 0 Å². The third-order valence-corrected chi connectivity index (χ3v) is 8.66. The molecule has 0 spiro atoms. The second-order valence-corrected chi connectivity index (χ2v) is 11.4. The van der Waals surface area contributed by atoms with E-state index in [9.17, 15) is 18.0 Å². The van der Waals surface area contributed by atoms with Gasteiger partial charge in [-0.2, -0.15) is 0 Å². The van der Waals surface area contributed by atoms with Crippen molar-refractivity contribution in [3.8, 4) is 0 Å². The second-order valence-electron chi connectivity index (χ2n) is 8.32. The summed E-state index contributed by atoms with van der Waals surface area (Å²) in [5.74, 6) is -1.000. The molecule has 0 radical (unpaired) electrons. The van der Waals surface area contributed by atoms with Crippen LogP contribution in [0.1, 0.15) is 25.8 Å². The van der Waals surface area contributed by atoms with Crippen LogP contribution in [0.25, 0.3) is 0 Å². The van der Waals surface area contributed by atoms with Crippen molar-refractivity contribution in [2.24, 2.45) is 0 Å². The molecule has 1 atom stereocenters. The van der Waals surface area contributed by atoms with Crippen molar-refractivity contribution in [2.45, 2.75) is 37.8 Å². The van der Waals surface area contributed by atoms with Crippen LogP contribution in [-0.2, 0) is 26.2 Å². The molecule has 0 unspecified atom stereocenters. The number of sulfonamides is 1. The minimum atomic E-state index is -4.21. The standard InChI is InChI=1S/C27H28Cl3N3O4S/c1-3-24(27(35)31-4-2)32(17-20-21(28)14-10-15-22(20)29)26(34)18-33(25-16-9-8-13-23(25)30)38(36,37)19-11-6-5-7-12-19/h5-16,24H,3-4,17-18H2,1-2H3,(H,31,35)/t24-/m1/s1. The van der Waals surface area contributed by atoms with E-state index in [1.54, 1.807) is 68.4 Å². The number of para-hydroxylation sites is 1. The zero-order valence-corrected chi connectivity index (χ0v) is 24.0. The average molecular weight is 597 g/mol. The van der Waals surface area contributed by atoms with Gasteiger partial charge in [0.15, 0.2) is 0 Å². The molecule has 0 aliphatic carbocycles. The van der Waals surface area contributed by atoms with E-state index in [-0.39, 0.29) is 34.5 Å². The lowest BCUT2D eigenvalue weighted by molar-refractivity contribution is -0.140. The molecule has 202 valence electrons. The number of benzene rings is 3. The van der Waals surface area contributed by atoms with Gasteiger partial charge in [0.25, 0.3) is 10.0 Å². The van der Waals surface area contributed by atoms with Gasteiger partial charge < -0.3 is 10.2 Å². The number of nitrogens with one attached hydrogen (secondary N) is 1. The maximum atomic E-state index is 14.0. The summed E-state index contributed by atoms with van der Waals surface area (Å²) in [6.45, 7) is 3.18. The van der Waals surface area contributed by atoms with Crippen molar-refractivity contribution in [1.29, 1.82) is 0 Å². The lowest BCUT2D eigenvalue weighted by Gasteiger charge is -2.33. The highest BCUT2D eigenvalue weighted by Gasteiger charge is 2.34. The topological polar surface area (TPSA) is 86.8 Å². The predicted molar refractivity (Wildman–Crippen MR) is 152 cm³/mol. The number of nitrogens with zero attached hydrogens (tertiary/aromatic N) is 2. The largest absolute Gasteiger partial charge is 0.355 e. The smallest absolute Gasteiger partial charge is 0.264 e. The molecule has 38 heavy (non-hydrogen) atoms. The lowest BCUT2D eigenvalue weighted by atomic mass is 10.1. The molecular weight excluding hydrogens is 569 g/mol. The number of halogens is 3. The number of rotatable bonds is 11. The Kier molecular flexibility index (Phi) is 10.4. The highest BCUT2D eigenvalue weighted by Crippen LogP contribution is 2.31. The number of amides is 2. The second kappa shape index (κ2) is 13.3. The normalized spacial score (nSPS) is 12.0. The summed E-state index contributed by atoms with van der Waals surface area (Å²) in [6, 6.07) is 18.1. The van der Waals surface area contributed by atoms with E-state index in [1.807, 2.05) is 0 Å². The van der Waals surface area contributed by atoms with E-state index in [4.69, 9.17) is 34.8 Å². The molecule has 3 aromatic rings. The van der Waals surface area contributed by atoms with Gasteiger partial charge in [0.05, 0.1) is 15.6 Å². The molecule has 3 aromatic carbocycles. The zero-order valence-electron chi connectivity index (χ0n) is 20.9.